The van der Waals surface area contributed by atoms with Crippen molar-refractivity contribution in [3.8, 4) is 11.1 Å². The Kier molecular flexibility index (Phi) is 3.12. The minimum Gasteiger partial charge on any atom is -0.376 e. The summed E-state index contributed by atoms with van der Waals surface area (Å²) in [7, 11) is 0. The highest BCUT2D eigenvalue weighted by atomic mass is 32.1. The molecule has 0 aliphatic carbocycles. The second kappa shape index (κ2) is 4.72. The number of rotatable bonds is 2. The summed E-state index contributed by atoms with van der Waals surface area (Å²) in [6.45, 7) is 0. The molecule has 1 heterocycles. The Bertz CT molecular complexity index is 497. The van der Waals surface area contributed by atoms with E-state index in [9.17, 15) is 0 Å². The number of hydrogen-bond acceptors (Lipinski definition) is 2. The van der Waals surface area contributed by atoms with Gasteiger partial charge in [0.2, 0.25) is 0 Å². The lowest BCUT2D eigenvalue weighted by molar-refractivity contribution is 1.33. The molecule has 0 bridgehead atoms. The second-order valence-electron chi connectivity index (χ2n) is 3.28. The molecule has 0 unspecified atom stereocenters. The Morgan fingerprint density at radius 3 is 2.62 bits per heavy atom. The quantitative estimate of drug-likeness (QED) is 0.776. The topological polar surface area (TPSA) is 50.9 Å². The van der Waals surface area contributed by atoms with Crippen LogP contribution < -0.4 is 11.1 Å². The molecule has 80 valence electrons. The van der Waals surface area contributed by atoms with Crippen LogP contribution in [-0.2, 0) is 0 Å². The smallest absolute Gasteiger partial charge is 0.168 e. The number of hydrogen-bond donors (Lipinski definition) is 2. The third-order valence-corrected chi connectivity index (χ3v) is 2.27. The molecule has 16 heavy (non-hydrogen) atoms. The predicted molar refractivity (Wildman–Crippen MR) is 70.1 cm³/mol. The number of aromatic nitrogens is 1. The number of nitrogens with zero attached hydrogens (tertiary/aromatic N) is 1. The van der Waals surface area contributed by atoms with Gasteiger partial charge in [-0.2, -0.15) is 0 Å². The fourth-order valence-electron chi connectivity index (χ4n) is 1.50. The van der Waals surface area contributed by atoms with Crippen molar-refractivity contribution in [2.45, 2.75) is 0 Å². The second-order valence-corrected chi connectivity index (χ2v) is 3.72. The monoisotopic (exact) mass is 229 g/mol. The van der Waals surface area contributed by atoms with Gasteiger partial charge in [-0.1, -0.05) is 30.3 Å². The van der Waals surface area contributed by atoms with E-state index in [-0.39, 0.29) is 5.11 Å². The van der Waals surface area contributed by atoms with Crippen molar-refractivity contribution in [1.82, 2.24) is 4.98 Å². The molecular weight excluding hydrogens is 218 g/mol. The molecular formula is C12H11N3S. The molecule has 2 aromatic rings. The van der Waals surface area contributed by atoms with E-state index in [0.29, 0.717) is 0 Å². The van der Waals surface area contributed by atoms with Crippen molar-refractivity contribution >= 4 is 23.0 Å². The van der Waals surface area contributed by atoms with Crippen molar-refractivity contribution < 1.29 is 0 Å². The number of thiocarbonyl (C=S) groups is 1. The molecule has 2 rings (SSSR count). The molecule has 1 aromatic heterocycles. The highest BCUT2D eigenvalue weighted by Crippen LogP contribution is 2.26. The lowest BCUT2D eigenvalue weighted by Gasteiger charge is -2.09. The highest BCUT2D eigenvalue weighted by molar-refractivity contribution is 7.80. The van der Waals surface area contributed by atoms with Gasteiger partial charge in [0, 0.05) is 11.8 Å². The van der Waals surface area contributed by atoms with Crippen LogP contribution in [0.1, 0.15) is 0 Å². The maximum atomic E-state index is 5.46. The van der Waals surface area contributed by atoms with Gasteiger partial charge in [0.25, 0.3) is 0 Å². The van der Waals surface area contributed by atoms with Gasteiger partial charge in [-0.15, -0.1) is 0 Å². The van der Waals surface area contributed by atoms with Crippen LogP contribution in [0.15, 0.2) is 48.8 Å². The number of benzene rings is 1. The summed E-state index contributed by atoms with van der Waals surface area (Å²) in [5.74, 6) is 0. The summed E-state index contributed by atoms with van der Waals surface area (Å²) < 4.78 is 0. The molecule has 4 heteroatoms. The molecule has 0 aliphatic heterocycles. The van der Waals surface area contributed by atoms with Gasteiger partial charge < -0.3 is 11.1 Å². The van der Waals surface area contributed by atoms with Gasteiger partial charge in [0.15, 0.2) is 5.11 Å². The Morgan fingerprint density at radius 1 is 1.19 bits per heavy atom. The van der Waals surface area contributed by atoms with E-state index < -0.39 is 0 Å². The van der Waals surface area contributed by atoms with Gasteiger partial charge in [-0.25, -0.2) is 0 Å². The zero-order valence-corrected chi connectivity index (χ0v) is 9.37. The third-order valence-electron chi connectivity index (χ3n) is 2.16. The van der Waals surface area contributed by atoms with Crippen molar-refractivity contribution in [2.24, 2.45) is 5.73 Å². The molecule has 3 N–H and O–H groups in total. The summed E-state index contributed by atoms with van der Waals surface area (Å²) >= 11 is 4.83. The van der Waals surface area contributed by atoms with E-state index in [1.807, 2.05) is 36.4 Å². The van der Waals surface area contributed by atoms with E-state index in [1.54, 1.807) is 12.4 Å². The van der Waals surface area contributed by atoms with Crippen LogP contribution in [0.25, 0.3) is 11.1 Å². The largest absolute Gasteiger partial charge is 0.376 e. The number of nitrogens with two attached hydrogens (primary N) is 1. The maximum Gasteiger partial charge on any atom is 0.168 e. The van der Waals surface area contributed by atoms with Crippen molar-refractivity contribution in [3.05, 3.63) is 48.8 Å². The van der Waals surface area contributed by atoms with E-state index in [4.69, 9.17) is 18.0 Å². The summed E-state index contributed by atoms with van der Waals surface area (Å²) in [5.41, 5.74) is 8.42. The van der Waals surface area contributed by atoms with Crippen LogP contribution in [0.3, 0.4) is 0 Å². The van der Waals surface area contributed by atoms with Crippen LogP contribution in [0.2, 0.25) is 0 Å². The summed E-state index contributed by atoms with van der Waals surface area (Å²) in [6, 6.07) is 11.9. The maximum absolute atomic E-state index is 5.46. The van der Waals surface area contributed by atoms with Gasteiger partial charge >= 0.3 is 0 Å². The Balaban J connectivity index is 2.44. The molecule has 0 aliphatic rings. The van der Waals surface area contributed by atoms with Crippen molar-refractivity contribution in [1.29, 1.82) is 0 Å². The standard InChI is InChI=1S/C12H11N3S/c13-12(16)15-11-8-14-7-6-10(11)9-4-2-1-3-5-9/h1-8H,(H3,13,15,16). The van der Waals surface area contributed by atoms with Gasteiger partial charge in [-0.3, -0.25) is 4.98 Å². The highest BCUT2D eigenvalue weighted by Gasteiger charge is 2.04. The first-order chi connectivity index (χ1) is 7.77. The van der Waals surface area contributed by atoms with E-state index in [1.165, 1.54) is 0 Å². The average Bonchev–Trinajstić information content (AvgIpc) is 2.30. The van der Waals surface area contributed by atoms with Crippen molar-refractivity contribution in [3.63, 3.8) is 0 Å². The SMILES string of the molecule is NC(=S)Nc1cnccc1-c1ccccc1. The summed E-state index contributed by atoms with van der Waals surface area (Å²) in [5, 5.41) is 3.16. The average molecular weight is 229 g/mol. The minimum absolute atomic E-state index is 0.241. The van der Waals surface area contributed by atoms with E-state index in [2.05, 4.69) is 10.3 Å². The molecule has 0 amide bonds. The first kappa shape index (κ1) is 10.6. The molecule has 0 saturated carbocycles. The van der Waals surface area contributed by atoms with Crippen LogP contribution in [-0.4, -0.2) is 10.1 Å². The normalized spacial score (nSPS) is 9.75. The summed E-state index contributed by atoms with van der Waals surface area (Å²) in [4.78, 5) is 4.05. The summed E-state index contributed by atoms with van der Waals surface area (Å²) in [6.07, 6.45) is 3.45. The van der Waals surface area contributed by atoms with Gasteiger partial charge in [-0.05, 0) is 23.8 Å². The first-order valence-electron chi connectivity index (χ1n) is 4.83. The fourth-order valence-corrected chi connectivity index (χ4v) is 1.61. The van der Waals surface area contributed by atoms with Crippen LogP contribution >= 0.6 is 12.2 Å². The lowest BCUT2D eigenvalue weighted by Crippen LogP contribution is -2.19. The number of anilines is 1. The van der Waals surface area contributed by atoms with Gasteiger partial charge in [0.05, 0.1) is 11.9 Å². The molecule has 0 radical (unpaired) electrons. The first-order valence-corrected chi connectivity index (χ1v) is 5.24. The van der Waals surface area contributed by atoms with E-state index >= 15 is 0 Å². The molecule has 3 nitrogen and oxygen atoms in total. The number of pyridine rings is 1. The molecule has 0 spiro atoms. The van der Waals surface area contributed by atoms with Crippen LogP contribution in [0.5, 0.6) is 0 Å². The molecule has 1 aromatic carbocycles. The lowest BCUT2D eigenvalue weighted by atomic mass is 10.1. The minimum atomic E-state index is 0.241. The zero-order chi connectivity index (χ0) is 11.4. The Morgan fingerprint density at radius 2 is 1.94 bits per heavy atom. The van der Waals surface area contributed by atoms with Crippen LogP contribution in [0, 0.1) is 0 Å². The van der Waals surface area contributed by atoms with Gasteiger partial charge in [0.1, 0.15) is 0 Å². The molecule has 0 atom stereocenters. The van der Waals surface area contributed by atoms with Crippen LogP contribution in [0.4, 0.5) is 5.69 Å². The number of nitrogens with one attached hydrogen (secondary N) is 1. The molecule has 0 fully saturated rings. The Labute approximate surface area is 99.3 Å². The molecule has 0 saturated heterocycles. The Hall–Kier alpha value is -1.94. The third kappa shape index (κ3) is 2.35. The fraction of sp³-hybridized carbons (Fsp3) is 0. The predicted octanol–water partition coefficient (Wildman–Crippen LogP) is 2.40. The van der Waals surface area contributed by atoms with E-state index in [0.717, 1.165) is 16.8 Å². The zero-order valence-electron chi connectivity index (χ0n) is 8.55. The van der Waals surface area contributed by atoms with Crippen molar-refractivity contribution in [2.75, 3.05) is 5.32 Å².